The average Bonchev–Trinajstić information content (AvgIpc) is 3.14. The molecule has 3 aliphatic heterocycles. The molecule has 3 fully saturated rings. The molecule has 0 atom stereocenters. The fourth-order valence-corrected chi connectivity index (χ4v) is 3.68. The van der Waals surface area contributed by atoms with Crippen LogP contribution in [0.4, 0.5) is 4.79 Å². The van der Waals surface area contributed by atoms with Crippen LogP contribution in [0.2, 0.25) is 0 Å². The number of ether oxygens (including phenoxy) is 1. The molecule has 0 unspecified atom stereocenters. The van der Waals surface area contributed by atoms with Crippen LogP contribution in [0, 0.1) is 0 Å². The van der Waals surface area contributed by atoms with E-state index in [0.29, 0.717) is 32.6 Å². The van der Waals surface area contributed by atoms with Crippen LogP contribution in [0.25, 0.3) is 0 Å². The maximum absolute atomic E-state index is 12.3. The van der Waals surface area contributed by atoms with Gasteiger partial charge in [0.05, 0.1) is 0 Å². The Labute approximate surface area is 144 Å². The Kier molecular flexibility index (Phi) is 6.31. The van der Waals surface area contributed by atoms with Crippen LogP contribution < -0.4 is 5.32 Å². The van der Waals surface area contributed by atoms with E-state index in [1.807, 2.05) is 9.80 Å². The van der Waals surface area contributed by atoms with Crippen molar-refractivity contribution in [1.82, 2.24) is 20.0 Å². The maximum atomic E-state index is 12.3. The lowest BCUT2D eigenvalue weighted by atomic mass is 10.1. The number of hydrogen-bond donors (Lipinski definition) is 1. The summed E-state index contributed by atoms with van der Waals surface area (Å²) in [5, 5.41) is 3.09. The summed E-state index contributed by atoms with van der Waals surface area (Å²) in [5.74, 6) is 0.228. The zero-order valence-corrected chi connectivity index (χ0v) is 14.5. The lowest BCUT2D eigenvalue weighted by molar-refractivity contribution is -0.132. The monoisotopic (exact) mass is 338 g/mol. The third-order valence-electron chi connectivity index (χ3n) is 5.31. The smallest absolute Gasteiger partial charge is 0.317 e. The second kappa shape index (κ2) is 8.67. The Morgan fingerprint density at radius 2 is 1.54 bits per heavy atom. The summed E-state index contributed by atoms with van der Waals surface area (Å²) < 4.78 is 5.31. The Morgan fingerprint density at radius 1 is 0.917 bits per heavy atom. The molecule has 0 bridgehead atoms. The number of urea groups is 1. The van der Waals surface area contributed by atoms with Gasteiger partial charge < -0.3 is 24.8 Å². The summed E-state index contributed by atoms with van der Waals surface area (Å²) in [6.45, 7) is 7.16. The molecule has 3 heterocycles. The molecular formula is C17H30N4O3. The van der Waals surface area contributed by atoms with Gasteiger partial charge in [-0.05, 0) is 38.8 Å². The largest absolute Gasteiger partial charge is 0.381 e. The maximum Gasteiger partial charge on any atom is 0.317 e. The number of likely N-dealkylation sites (tertiary alicyclic amines) is 1. The van der Waals surface area contributed by atoms with Gasteiger partial charge in [0.25, 0.3) is 0 Å². The first-order valence-electron chi connectivity index (χ1n) is 9.36. The molecule has 3 saturated heterocycles. The molecule has 3 aliphatic rings. The number of rotatable bonds is 4. The zero-order valence-electron chi connectivity index (χ0n) is 14.5. The normalized spacial score (nSPS) is 23.5. The standard InChI is InChI=1S/C17H30N4O3/c22-16(3-8-19-6-1-2-7-19)20-9-11-21(12-10-20)17(23)18-15-4-13-24-14-5-15/h15H,1-14H2,(H,18,23). The fourth-order valence-electron chi connectivity index (χ4n) is 3.68. The molecule has 0 aliphatic carbocycles. The van der Waals surface area contributed by atoms with Gasteiger partial charge in [-0.15, -0.1) is 0 Å². The van der Waals surface area contributed by atoms with Gasteiger partial charge in [-0.3, -0.25) is 4.79 Å². The number of carbonyl (C=O) groups is 2. The molecule has 1 N–H and O–H groups in total. The molecule has 7 nitrogen and oxygen atoms in total. The molecule has 0 radical (unpaired) electrons. The average molecular weight is 338 g/mol. The molecule has 136 valence electrons. The molecule has 3 amide bonds. The minimum absolute atomic E-state index is 0.00562. The number of piperazine rings is 1. The van der Waals surface area contributed by atoms with Crippen molar-refractivity contribution in [1.29, 1.82) is 0 Å². The van der Waals surface area contributed by atoms with E-state index in [9.17, 15) is 9.59 Å². The summed E-state index contributed by atoms with van der Waals surface area (Å²) in [6, 6.07) is 0.234. The minimum Gasteiger partial charge on any atom is -0.381 e. The number of amides is 3. The van der Waals surface area contributed by atoms with Crippen molar-refractivity contribution in [2.45, 2.75) is 38.1 Å². The van der Waals surface area contributed by atoms with Gasteiger partial charge in [-0.25, -0.2) is 4.79 Å². The van der Waals surface area contributed by atoms with Crippen molar-refractivity contribution < 1.29 is 14.3 Å². The Morgan fingerprint density at radius 3 is 2.21 bits per heavy atom. The quantitative estimate of drug-likeness (QED) is 0.811. The minimum atomic E-state index is 0.00562. The van der Waals surface area contributed by atoms with E-state index in [4.69, 9.17) is 4.74 Å². The molecule has 0 spiro atoms. The summed E-state index contributed by atoms with van der Waals surface area (Å²) >= 11 is 0. The van der Waals surface area contributed by atoms with Crippen molar-refractivity contribution in [3.8, 4) is 0 Å². The van der Waals surface area contributed by atoms with Gasteiger partial charge in [0.1, 0.15) is 0 Å². The fraction of sp³-hybridized carbons (Fsp3) is 0.882. The van der Waals surface area contributed by atoms with Gasteiger partial charge in [0.15, 0.2) is 0 Å². The molecule has 24 heavy (non-hydrogen) atoms. The molecule has 3 rings (SSSR count). The van der Waals surface area contributed by atoms with Gasteiger partial charge in [-0.2, -0.15) is 0 Å². The highest BCUT2D eigenvalue weighted by Crippen LogP contribution is 2.11. The van der Waals surface area contributed by atoms with Crippen molar-refractivity contribution >= 4 is 11.9 Å². The summed E-state index contributed by atoms with van der Waals surface area (Å²) in [6.07, 6.45) is 4.90. The van der Waals surface area contributed by atoms with E-state index in [0.717, 1.165) is 45.7 Å². The third-order valence-corrected chi connectivity index (χ3v) is 5.31. The van der Waals surface area contributed by atoms with E-state index >= 15 is 0 Å². The predicted molar refractivity (Wildman–Crippen MR) is 90.8 cm³/mol. The molecule has 0 aromatic rings. The van der Waals surface area contributed by atoms with Gasteiger partial charge in [0.2, 0.25) is 5.91 Å². The third kappa shape index (κ3) is 4.83. The highest BCUT2D eigenvalue weighted by atomic mass is 16.5. The lowest BCUT2D eigenvalue weighted by Gasteiger charge is -2.36. The van der Waals surface area contributed by atoms with Crippen LogP contribution in [0.15, 0.2) is 0 Å². The van der Waals surface area contributed by atoms with Crippen LogP contribution >= 0.6 is 0 Å². The first-order chi connectivity index (χ1) is 11.7. The Bertz CT molecular complexity index is 426. The van der Waals surface area contributed by atoms with Crippen LogP contribution in [0.5, 0.6) is 0 Å². The number of nitrogens with one attached hydrogen (secondary N) is 1. The Balaban J connectivity index is 1.35. The second-order valence-corrected chi connectivity index (χ2v) is 7.00. The predicted octanol–water partition coefficient (Wildman–Crippen LogP) is 0.505. The van der Waals surface area contributed by atoms with E-state index in [-0.39, 0.29) is 18.0 Å². The first-order valence-corrected chi connectivity index (χ1v) is 9.36. The van der Waals surface area contributed by atoms with Crippen molar-refractivity contribution in [3.63, 3.8) is 0 Å². The summed E-state index contributed by atoms with van der Waals surface area (Å²) in [5.41, 5.74) is 0. The number of hydrogen-bond acceptors (Lipinski definition) is 4. The lowest BCUT2D eigenvalue weighted by Crippen LogP contribution is -2.55. The molecule has 0 aromatic carbocycles. The topological polar surface area (TPSA) is 65.1 Å². The SMILES string of the molecule is O=C(CCN1CCCC1)N1CCN(C(=O)NC2CCOCC2)CC1. The first kappa shape index (κ1) is 17.5. The van der Waals surface area contributed by atoms with Crippen LogP contribution in [-0.4, -0.2) is 91.7 Å². The number of nitrogens with zero attached hydrogens (tertiary/aromatic N) is 3. The zero-order chi connectivity index (χ0) is 16.8. The van der Waals surface area contributed by atoms with Gasteiger partial charge in [0, 0.05) is 58.4 Å². The second-order valence-electron chi connectivity index (χ2n) is 7.00. The van der Waals surface area contributed by atoms with E-state index in [2.05, 4.69) is 10.2 Å². The van der Waals surface area contributed by atoms with Gasteiger partial charge >= 0.3 is 6.03 Å². The molecule has 0 aromatic heterocycles. The van der Waals surface area contributed by atoms with E-state index < -0.39 is 0 Å². The van der Waals surface area contributed by atoms with Crippen LogP contribution in [0.3, 0.4) is 0 Å². The van der Waals surface area contributed by atoms with Crippen LogP contribution in [0.1, 0.15) is 32.1 Å². The van der Waals surface area contributed by atoms with Crippen LogP contribution in [-0.2, 0) is 9.53 Å². The van der Waals surface area contributed by atoms with E-state index in [1.165, 1.54) is 12.8 Å². The molecular weight excluding hydrogens is 308 g/mol. The highest BCUT2D eigenvalue weighted by molar-refractivity contribution is 5.78. The van der Waals surface area contributed by atoms with Crippen molar-refractivity contribution in [3.05, 3.63) is 0 Å². The van der Waals surface area contributed by atoms with E-state index in [1.54, 1.807) is 0 Å². The van der Waals surface area contributed by atoms with Crippen molar-refractivity contribution in [2.24, 2.45) is 0 Å². The van der Waals surface area contributed by atoms with Gasteiger partial charge in [-0.1, -0.05) is 0 Å². The molecule has 0 saturated carbocycles. The summed E-state index contributed by atoms with van der Waals surface area (Å²) in [7, 11) is 0. The summed E-state index contributed by atoms with van der Waals surface area (Å²) in [4.78, 5) is 30.7. The van der Waals surface area contributed by atoms with Crippen molar-refractivity contribution in [2.75, 3.05) is 59.0 Å². The highest BCUT2D eigenvalue weighted by Gasteiger charge is 2.26. The molecule has 7 heteroatoms. The number of carbonyl (C=O) groups excluding carboxylic acids is 2. The Hall–Kier alpha value is -1.34.